The largest absolute Gasteiger partial charge is 0.277 e. The van der Waals surface area contributed by atoms with Crippen molar-refractivity contribution in [1.29, 1.82) is 0 Å². The van der Waals surface area contributed by atoms with Crippen LogP contribution in [0.3, 0.4) is 0 Å². The molecule has 0 aliphatic rings. The van der Waals surface area contributed by atoms with Gasteiger partial charge in [-0.25, -0.2) is 19.3 Å². The predicted molar refractivity (Wildman–Crippen MR) is 94.3 cm³/mol. The number of nitrogens with zero attached hydrogens (tertiary/aromatic N) is 6. The van der Waals surface area contributed by atoms with E-state index in [1.165, 1.54) is 51.4 Å². The fraction of sp³-hybridized carbons (Fsp3) is 0.765. The van der Waals surface area contributed by atoms with Crippen molar-refractivity contribution in [2.45, 2.75) is 76.9 Å². The molecule has 0 amide bonds. The van der Waals surface area contributed by atoms with Crippen LogP contribution in [-0.2, 0) is 5.79 Å². The Labute approximate surface area is 144 Å². The summed E-state index contributed by atoms with van der Waals surface area (Å²) in [6, 6.07) is 0. The summed E-state index contributed by atoms with van der Waals surface area (Å²) in [5.41, 5.74) is 0. The number of aromatic nitrogens is 6. The van der Waals surface area contributed by atoms with Crippen molar-refractivity contribution in [2.75, 3.05) is 7.05 Å². The Bertz CT molecular complexity index is 487. The van der Waals surface area contributed by atoms with Crippen LogP contribution in [0.2, 0.25) is 0 Å². The number of unbranched alkanes of at least 4 members (excludes halogenated alkanes) is 8. The molecule has 2 aromatic rings. The quantitative estimate of drug-likeness (QED) is 0.570. The van der Waals surface area contributed by atoms with Crippen molar-refractivity contribution in [3.63, 3.8) is 0 Å². The number of nitrogens with one attached hydrogen (secondary N) is 1. The Balaban J connectivity index is 1.80. The van der Waals surface area contributed by atoms with Crippen LogP contribution in [0, 0.1) is 0 Å². The summed E-state index contributed by atoms with van der Waals surface area (Å²) < 4.78 is 3.65. The van der Waals surface area contributed by atoms with Crippen molar-refractivity contribution in [3.8, 4) is 0 Å². The van der Waals surface area contributed by atoms with Gasteiger partial charge in [0.2, 0.25) is 5.79 Å². The molecule has 0 fully saturated rings. The van der Waals surface area contributed by atoms with Crippen LogP contribution < -0.4 is 5.32 Å². The lowest BCUT2D eigenvalue weighted by atomic mass is 10.0. The standard InChI is InChI=1S/C17H31N7/c1-3-4-5-6-7-8-9-10-11-12-17(18-2,23-15-19-13-21-23)24-16-20-14-22-24/h13-16,18H,3-12H2,1-2H3. The van der Waals surface area contributed by atoms with E-state index in [2.05, 4.69) is 32.4 Å². The molecular weight excluding hydrogens is 302 g/mol. The van der Waals surface area contributed by atoms with Crippen LogP contribution in [0.4, 0.5) is 0 Å². The maximum absolute atomic E-state index is 4.33. The summed E-state index contributed by atoms with van der Waals surface area (Å²) in [6.07, 6.45) is 19.2. The maximum atomic E-state index is 4.33. The molecule has 0 spiro atoms. The number of rotatable bonds is 13. The Kier molecular flexibility index (Phi) is 7.88. The minimum Gasteiger partial charge on any atom is -0.277 e. The lowest BCUT2D eigenvalue weighted by Gasteiger charge is -2.33. The molecule has 2 rings (SSSR count). The van der Waals surface area contributed by atoms with Gasteiger partial charge in [0.05, 0.1) is 0 Å². The van der Waals surface area contributed by atoms with Gasteiger partial charge in [0.25, 0.3) is 0 Å². The minimum atomic E-state index is -0.534. The van der Waals surface area contributed by atoms with Crippen LogP contribution >= 0.6 is 0 Å². The first-order valence-electron chi connectivity index (χ1n) is 9.22. The zero-order valence-corrected chi connectivity index (χ0v) is 15.1. The lowest BCUT2D eigenvalue weighted by Crippen LogP contribution is -2.52. The van der Waals surface area contributed by atoms with E-state index in [4.69, 9.17) is 0 Å². The van der Waals surface area contributed by atoms with E-state index >= 15 is 0 Å². The molecule has 1 N–H and O–H groups in total. The summed E-state index contributed by atoms with van der Waals surface area (Å²) in [5, 5.41) is 12.0. The van der Waals surface area contributed by atoms with Gasteiger partial charge in [-0.1, -0.05) is 58.3 Å². The molecule has 0 saturated heterocycles. The van der Waals surface area contributed by atoms with Gasteiger partial charge < -0.3 is 0 Å². The molecular formula is C17H31N7. The third kappa shape index (κ3) is 4.87. The fourth-order valence-electron chi connectivity index (χ4n) is 3.17. The van der Waals surface area contributed by atoms with Crippen LogP contribution in [0.15, 0.2) is 25.3 Å². The van der Waals surface area contributed by atoms with Crippen LogP contribution in [-0.4, -0.2) is 36.6 Å². The SMILES string of the molecule is CCCCCCCCCCCC(NC)(n1cncn1)n1cncn1. The van der Waals surface area contributed by atoms with E-state index in [1.54, 1.807) is 25.3 Å². The maximum Gasteiger partial charge on any atom is 0.211 e. The third-order valence-electron chi connectivity index (χ3n) is 4.62. The third-order valence-corrected chi connectivity index (χ3v) is 4.62. The van der Waals surface area contributed by atoms with Gasteiger partial charge in [-0.15, -0.1) is 0 Å². The van der Waals surface area contributed by atoms with Crippen molar-refractivity contribution >= 4 is 0 Å². The summed E-state index contributed by atoms with van der Waals surface area (Å²) in [7, 11) is 1.93. The molecule has 2 aromatic heterocycles. The molecule has 0 atom stereocenters. The number of hydrogen-bond donors (Lipinski definition) is 1. The Hall–Kier alpha value is -1.76. The molecule has 0 saturated carbocycles. The highest BCUT2D eigenvalue weighted by Gasteiger charge is 2.33. The zero-order chi connectivity index (χ0) is 17.1. The van der Waals surface area contributed by atoms with Gasteiger partial charge in [-0.3, -0.25) is 5.32 Å². The van der Waals surface area contributed by atoms with Gasteiger partial charge in [-0.05, 0) is 13.5 Å². The molecule has 7 heteroatoms. The Morgan fingerprint density at radius 3 is 1.71 bits per heavy atom. The van der Waals surface area contributed by atoms with Crippen LogP contribution in [0.5, 0.6) is 0 Å². The molecule has 0 unspecified atom stereocenters. The molecule has 0 radical (unpaired) electrons. The predicted octanol–water partition coefficient (Wildman–Crippen LogP) is 3.17. The first-order chi connectivity index (χ1) is 11.8. The normalized spacial score (nSPS) is 11.9. The van der Waals surface area contributed by atoms with Crippen molar-refractivity contribution in [1.82, 2.24) is 34.8 Å². The lowest BCUT2D eigenvalue weighted by molar-refractivity contribution is 0.119. The van der Waals surface area contributed by atoms with Crippen molar-refractivity contribution in [3.05, 3.63) is 25.3 Å². The molecule has 0 bridgehead atoms. The van der Waals surface area contributed by atoms with E-state index in [9.17, 15) is 0 Å². The molecule has 134 valence electrons. The smallest absolute Gasteiger partial charge is 0.211 e. The first-order valence-corrected chi connectivity index (χ1v) is 9.22. The highest BCUT2D eigenvalue weighted by molar-refractivity contribution is 4.84. The second kappa shape index (κ2) is 10.2. The molecule has 24 heavy (non-hydrogen) atoms. The van der Waals surface area contributed by atoms with E-state index in [-0.39, 0.29) is 0 Å². The molecule has 0 aliphatic carbocycles. The topological polar surface area (TPSA) is 73.5 Å². The molecule has 7 nitrogen and oxygen atoms in total. The summed E-state index contributed by atoms with van der Waals surface area (Å²) in [6.45, 7) is 2.26. The van der Waals surface area contributed by atoms with E-state index in [0.29, 0.717) is 0 Å². The van der Waals surface area contributed by atoms with Crippen LogP contribution in [0.1, 0.15) is 71.1 Å². The highest BCUT2D eigenvalue weighted by Crippen LogP contribution is 2.22. The monoisotopic (exact) mass is 333 g/mol. The second-order valence-electron chi connectivity index (χ2n) is 6.33. The van der Waals surface area contributed by atoms with Crippen LogP contribution in [0.25, 0.3) is 0 Å². The second-order valence-corrected chi connectivity index (χ2v) is 6.33. The summed E-state index contributed by atoms with van der Waals surface area (Å²) in [5.74, 6) is -0.534. The van der Waals surface area contributed by atoms with Crippen molar-refractivity contribution in [2.24, 2.45) is 0 Å². The minimum absolute atomic E-state index is 0.534. The number of hydrogen-bond acceptors (Lipinski definition) is 5. The average molecular weight is 333 g/mol. The summed E-state index contributed by atoms with van der Waals surface area (Å²) in [4.78, 5) is 8.18. The molecule has 0 aliphatic heterocycles. The van der Waals surface area contributed by atoms with E-state index in [0.717, 1.165) is 12.8 Å². The van der Waals surface area contributed by atoms with Crippen molar-refractivity contribution < 1.29 is 0 Å². The fourth-order valence-corrected chi connectivity index (χ4v) is 3.17. The summed E-state index contributed by atoms with van der Waals surface area (Å²) >= 11 is 0. The Morgan fingerprint density at radius 2 is 1.29 bits per heavy atom. The highest BCUT2D eigenvalue weighted by atomic mass is 15.6. The molecule has 2 heterocycles. The average Bonchev–Trinajstić information content (AvgIpc) is 3.31. The Morgan fingerprint density at radius 1 is 0.792 bits per heavy atom. The van der Waals surface area contributed by atoms with Gasteiger partial charge in [0, 0.05) is 6.42 Å². The zero-order valence-electron chi connectivity index (χ0n) is 15.1. The van der Waals surface area contributed by atoms with E-state index in [1.807, 2.05) is 16.4 Å². The van der Waals surface area contributed by atoms with Gasteiger partial charge in [-0.2, -0.15) is 10.2 Å². The van der Waals surface area contributed by atoms with Gasteiger partial charge in [0.1, 0.15) is 25.3 Å². The van der Waals surface area contributed by atoms with Gasteiger partial charge in [0.15, 0.2) is 0 Å². The van der Waals surface area contributed by atoms with Gasteiger partial charge >= 0.3 is 0 Å². The van der Waals surface area contributed by atoms with E-state index < -0.39 is 5.79 Å². The molecule has 0 aromatic carbocycles. The first kappa shape index (κ1) is 18.6.